The predicted octanol–water partition coefficient (Wildman–Crippen LogP) is 2.47. The maximum atomic E-state index is 11.7. The van der Waals surface area contributed by atoms with Crippen LogP contribution in [0, 0.1) is 0 Å². The molecule has 18 heavy (non-hydrogen) atoms. The van der Waals surface area contributed by atoms with E-state index >= 15 is 0 Å². The molecular weight excluding hydrogens is 336 g/mol. The van der Waals surface area contributed by atoms with Gasteiger partial charge < -0.3 is 14.8 Å². The summed E-state index contributed by atoms with van der Waals surface area (Å²) in [5.41, 5.74) is 0.182. The van der Waals surface area contributed by atoms with Gasteiger partial charge in [0.1, 0.15) is 11.5 Å². The predicted molar refractivity (Wildman–Crippen MR) is 63.9 cm³/mol. The second-order valence-electron chi connectivity index (χ2n) is 2.90. The number of nitrogens with one attached hydrogen (secondary N) is 1. The molecule has 1 N–H and O–H groups in total. The van der Waals surface area contributed by atoms with Gasteiger partial charge in [0, 0.05) is 0 Å². The fraction of sp³-hybridized carbons (Fsp3) is 0.333. The minimum absolute atomic E-state index is 0.162. The molecule has 0 saturated carbocycles. The lowest BCUT2D eigenvalue weighted by atomic mass is 10.4. The lowest BCUT2D eigenvalue weighted by molar-refractivity contribution is -0.148. The number of rotatable bonds is 5. The average Bonchev–Trinajstić information content (AvgIpc) is 2.66. The molecule has 0 atom stereocenters. The molecule has 0 fully saturated rings. The minimum atomic E-state index is -3.02. The maximum absolute atomic E-state index is 11.7. The van der Waals surface area contributed by atoms with Crippen molar-refractivity contribution in [1.29, 1.82) is 0 Å². The van der Waals surface area contributed by atoms with E-state index in [4.69, 9.17) is 0 Å². The number of hydrogen-bond donors (Lipinski definition) is 1. The molecule has 1 heterocycles. The van der Waals surface area contributed by atoms with E-state index in [0.717, 1.165) is 11.3 Å². The van der Waals surface area contributed by atoms with Crippen LogP contribution in [-0.2, 0) is 14.3 Å². The normalized spacial score (nSPS) is 10.5. The summed E-state index contributed by atoms with van der Waals surface area (Å²) in [5, 5.41) is 2.28. The quantitative estimate of drug-likeness (QED) is 0.834. The van der Waals surface area contributed by atoms with Gasteiger partial charge in [0.05, 0.1) is 16.6 Å². The molecule has 0 aromatic carbocycles. The van der Waals surface area contributed by atoms with E-state index in [0.29, 0.717) is 3.79 Å². The fourth-order valence-corrected chi connectivity index (χ4v) is 2.50. The standard InChI is InChI=1S/C9H8BrF2NO4S/c1-16-8(15)7-4(2-5(10)18-7)13-6(14)3-17-9(11)12/h2,9H,3H2,1H3,(H,13,14). The molecule has 1 aromatic rings. The van der Waals surface area contributed by atoms with Crippen LogP contribution in [0.3, 0.4) is 0 Å². The lowest BCUT2D eigenvalue weighted by Crippen LogP contribution is -2.20. The zero-order valence-corrected chi connectivity index (χ0v) is 11.4. The molecule has 1 aromatic heterocycles. The average molecular weight is 344 g/mol. The van der Waals surface area contributed by atoms with Crippen molar-refractivity contribution in [2.24, 2.45) is 0 Å². The summed E-state index contributed by atoms with van der Waals surface area (Å²) in [4.78, 5) is 22.8. The highest BCUT2D eigenvalue weighted by Gasteiger charge is 2.18. The van der Waals surface area contributed by atoms with E-state index in [-0.39, 0.29) is 10.6 Å². The van der Waals surface area contributed by atoms with Crippen LogP contribution >= 0.6 is 27.3 Å². The van der Waals surface area contributed by atoms with Crippen LogP contribution in [0.25, 0.3) is 0 Å². The van der Waals surface area contributed by atoms with E-state index in [2.05, 4.69) is 30.7 Å². The third-order valence-electron chi connectivity index (χ3n) is 1.69. The van der Waals surface area contributed by atoms with Gasteiger partial charge in [-0.25, -0.2) is 4.79 Å². The number of esters is 1. The highest BCUT2D eigenvalue weighted by atomic mass is 79.9. The Morgan fingerprint density at radius 2 is 2.22 bits per heavy atom. The number of halogens is 3. The first-order valence-corrected chi connectivity index (χ1v) is 6.12. The number of alkyl halides is 2. The van der Waals surface area contributed by atoms with Crippen molar-refractivity contribution in [1.82, 2.24) is 0 Å². The number of amides is 1. The van der Waals surface area contributed by atoms with Crippen molar-refractivity contribution in [2.45, 2.75) is 6.61 Å². The first kappa shape index (κ1) is 15.0. The Kier molecular flexibility index (Phi) is 5.63. The molecule has 0 saturated heterocycles. The first-order chi connectivity index (χ1) is 8.43. The van der Waals surface area contributed by atoms with Crippen LogP contribution < -0.4 is 5.32 Å². The first-order valence-electron chi connectivity index (χ1n) is 4.51. The number of methoxy groups -OCH3 is 1. The smallest absolute Gasteiger partial charge is 0.350 e. The van der Waals surface area contributed by atoms with Crippen molar-refractivity contribution in [3.63, 3.8) is 0 Å². The highest BCUT2D eigenvalue weighted by molar-refractivity contribution is 9.11. The summed E-state index contributed by atoms with van der Waals surface area (Å²) in [7, 11) is 1.20. The molecular formula is C9H8BrF2NO4S. The Bertz CT molecular complexity index is 452. The van der Waals surface area contributed by atoms with E-state index in [1.807, 2.05) is 0 Å². The summed E-state index contributed by atoms with van der Waals surface area (Å²) in [6.07, 6.45) is 0. The molecule has 1 amide bonds. The van der Waals surface area contributed by atoms with Crippen molar-refractivity contribution in [3.05, 3.63) is 14.7 Å². The van der Waals surface area contributed by atoms with Crippen LogP contribution in [0.2, 0.25) is 0 Å². The highest BCUT2D eigenvalue weighted by Crippen LogP contribution is 2.31. The van der Waals surface area contributed by atoms with Gasteiger partial charge in [-0.2, -0.15) is 8.78 Å². The van der Waals surface area contributed by atoms with Crippen molar-refractivity contribution in [2.75, 3.05) is 19.0 Å². The largest absolute Gasteiger partial charge is 0.465 e. The molecule has 0 aliphatic carbocycles. The van der Waals surface area contributed by atoms with E-state index in [1.54, 1.807) is 0 Å². The van der Waals surface area contributed by atoms with Gasteiger partial charge in [0.25, 0.3) is 5.91 Å². The van der Waals surface area contributed by atoms with Gasteiger partial charge in [0.2, 0.25) is 0 Å². The van der Waals surface area contributed by atoms with E-state index < -0.39 is 25.1 Å². The van der Waals surface area contributed by atoms with Gasteiger partial charge >= 0.3 is 12.6 Å². The van der Waals surface area contributed by atoms with Crippen LogP contribution in [0.5, 0.6) is 0 Å². The van der Waals surface area contributed by atoms with Crippen LogP contribution in [0.15, 0.2) is 9.85 Å². The molecule has 100 valence electrons. The monoisotopic (exact) mass is 343 g/mol. The molecule has 0 radical (unpaired) electrons. The van der Waals surface area contributed by atoms with Gasteiger partial charge in [-0.05, 0) is 22.0 Å². The number of carbonyl (C=O) groups is 2. The van der Waals surface area contributed by atoms with Crippen molar-refractivity contribution in [3.8, 4) is 0 Å². The zero-order valence-electron chi connectivity index (χ0n) is 9.04. The molecule has 0 unspecified atom stereocenters. The molecule has 0 aliphatic rings. The number of carbonyl (C=O) groups excluding carboxylic acids is 2. The Balaban J connectivity index is 2.72. The Morgan fingerprint density at radius 3 is 2.78 bits per heavy atom. The van der Waals surface area contributed by atoms with Crippen molar-refractivity contribution < 1.29 is 27.8 Å². The SMILES string of the molecule is COC(=O)c1sc(Br)cc1NC(=O)COC(F)F. The summed E-state index contributed by atoms with van der Waals surface area (Å²) < 4.78 is 32.4. The molecule has 0 aliphatic heterocycles. The second-order valence-corrected chi connectivity index (χ2v) is 5.34. The number of hydrogen-bond acceptors (Lipinski definition) is 5. The minimum Gasteiger partial charge on any atom is -0.465 e. The Hall–Kier alpha value is -1.06. The van der Waals surface area contributed by atoms with Gasteiger partial charge in [-0.15, -0.1) is 11.3 Å². The second kappa shape index (κ2) is 6.76. The van der Waals surface area contributed by atoms with Gasteiger partial charge in [0.15, 0.2) is 0 Å². The molecule has 0 spiro atoms. The Labute approximate surface area is 113 Å². The van der Waals surface area contributed by atoms with E-state index in [9.17, 15) is 18.4 Å². The zero-order chi connectivity index (χ0) is 13.7. The van der Waals surface area contributed by atoms with Crippen LogP contribution in [0.1, 0.15) is 9.67 Å². The summed E-state index contributed by atoms with van der Waals surface area (Å²) >= 11 is 4.19. The topological polar surface area (TPSA) is 64.6 Å². The number of ether oxygens (including phenoxy) is 2. The fourth-order valence-electron chi connectivity index (χ4n) is 1.02. The molecule has 1 rings (SSSR count). The summed E-state index contributed by atoms with van der Waals surface area (Å²) in [6.45, 7) is -3.82. The van der Waals surface area contributed by atoms with Crippen LogP contribution in [-0.4, -0.2) is 32.2 Å². The lowest BCUT2D eigenvalue weighted by Gasteiger charge is -2.05. The van der Waals surface area contributed by atoms with Crippen molar-refractivity contribution >= 4 is 44.8 Å². The van der Waals surface area contributed by atoms with E-state index in [1.165, 1.54) is 13.2 Å². The summed E-state index contributed by atoms with van der Waals surface area (Å²) in [5.74, 6) is -1.42. The Morgan fingerprint density at radius 1 is 1.56 bits per heavy atom. The number of thiophene rings is 1. The molecule has 5 nitrogen and oxygen atoms in total. The number of anilines is 1. The third-order valence-corrected chi connectivity index (χ3v) is 3.31. The molecule has 9 heteroatoms. The van der Waals surface area contributed by atoms with Gasteiger partial charge in [-0.3, -0.25) is 4.79 Å². The van der Waals surface area contributed by atoms with Gasteiger partial charge in [-0.1, -0.05) is 0 Å². The third kappa shape index (κ3) is 4.31. The molecule has 0 bridgehead atoms. The van der Waals surface area contributed by atoms with Crippen LogP contribution in [0.4, 0.5) is 14.5 Å². The summed E-state index contributed by atoms with van der Waals surface area (Å²) in [6, 6.07) is 1.47. The maximum Gasteiger partial charge on any atom is 0.350 e.